The lowest BCUT2D eigenvalue weighted by atomic mass is 10.0. The lowest BCUT2D eigenvalue weighted by Gasteiger charge is -2.35. The molecule has 1 unspecified atom stereocenters. The maximum atomic E-state index is 5.55. The van der Waals surface area contributed by atoms with Gasteiger partial charge in [-0.15, -0.1) is 11.3 Å². The van der Waals surface area contributed by atoms with Crippen molar-refractivity contribution in [2.45, 2.75) is 32.7 Å². The van der Waals surface area contributed by atoms with Gasteiger partial charge in [-0.05, 0) is 18.9 Å². The van der Waals surface area contributed by atoms with E-state index in [4.69, 9.17) is 4.74 Å². The number of thiazole rings is 1. The van der Waals surface area contributed by atoms with E-state index in [1.807, 2.05) is 13.2 Å². The molecule has 1 atom stereocenters. The number of benzene rings is 1. The summed E-state index contributed by atoms with van der Waals surface area (Å²) in [6.45, 7) is 9.42. The van der Waals surface area contributed by atoms with Crippen molar-refractivity contribution in [3.05, 3.63) is 51.5 Å². The molecule has 1 fully saturated rings. The molecular weight excluding hydrogens is 382 g/mol. The minimum absolute atomic E-state index is 0.295. The number of guanidine groups is 1. The van der Waals surface area contributed by atoms with E-state index >= 15 is 0 Å². The van der Waals surface area contributed by atoms with Crippen LogP contribution in [0.2, 0.25) is 0 Å². The Kier molecular flexibility index (Phi) is 8.46. The number of hydrogen-bond acceptors (Lipinski definition) is 5. The molecule has 0 radical (unpaired) electrons. The van der Waals surface area contributed by atoms with E-state index in [1.54, 1.807) is 11.3 Å². The normalized spacial score (nSPS) is 16.6. The number of aromatic nitrogens is 1. The molecule has 0 amide bonds. The zero-order valence-electron chi connectivity index (χ0n) is 17.8. The molecule has 29 heavy (non-hydrogen) atoms. The van der Waals surface area contributed by atoms with Crippen molar-refractivity contribution in [3.8, 4) is 0 Å². The maximum Gasteiger partial charge on any atom is 0.191 e. The van der Waals surface area contributed by atoms with Gasteiger partial charge in [-0.1, -0.05) is 36.8 Å². The van der Waals surface area contributed by atoms with Gasteiger partial charge in [0, 0.05) is 50.7 Å². The highest BCUT2D eigenvalue weighted by Crippen LogP contribution is 2.21. The summed E-state index contributed by atoms with van der Waals surface area (Å²) in [7, 11) is 1.82. The topological polar surface area (TPSA) is 61.8 Å². The van der Waals surface area contributed by atoms with E-state index in [9.17, 15) is 0 Å². The highest BCUT2D eigenvalue weighted by Gasteiger charge is 2.22. The Morgan fingerprint density at radius 2 is 2.00 bits per heavy atom. The first-order valence-corrected chi connectivity index (χ1v) is 11.3. The Bertz CT molecular complexity index is 768. The molecule has 1 aromatic heterocycles. The average Bonchev–Trinajstić information content (AvgIpc) is 3.22. The van der Waals surface area contributed by atoms with Gasteiger partial charge in [0.15, 0.2) is 5.96 Å². The van der Waals surface area contributed by atoms with Crippen LogP contribution in [0, 0.1) is 6.92 Å². The predicted molar refractivity (Wildman–Crippen MR) is 121 cm³/mol. The number of rotatable bonds is 8. The summed E-state index contributed by atoms with van der Waals surface area (Å²) in [4.78, 5) is 12.7. The van der Waals surface area contributed by atoms with Gasteiger partial charge < -0.3 is 15.4 Å². The van der Waals surface area contributed by atoms with Crippen LogP contribution in [0.15, 0.2) is 35.5 Å². The lowest BCUT2D eigenvalue weighted by Crippen LogP contribution is -2.46. The van der Waals surface area contributed by atoms with Gasteiger partial charge in [0.05, 0.1) is 24.3 Å². The molecule has 1 saturated heterocycles. The summed E-state index contributed by atoms with van der Waals surface area (Å²) in [6, 6.07) is 9.15. The molecule has 2 N–H and O–H groups in total. The second-order valence-corrected chi connectivity index (χ2v) is 8.48. The fraction of sp³-hybridized carbons (Fsp3) is 0.545. The fourth-order valence-corrected chi connectivity index (χ4v) is 4.33. The zero-order valence-corrected chi connectivity index (χ0v) is 18.6. The number of aliphatic imine (C=N–C) groups is 1. The Hall–Kier alpha value is -1.96. The predicted octanol–water partition coefficient (Wildman–Crippen LogP) is 2.79. The van der Waals surface area contributed by atoms with Gasteiger partial charge in [0.1, 0.15) is 0 Å². The van der Waals surface area contributed by atoms with Crippen LogP contribution in [-0.4, -0.2) is 62.3 Å². The average molecular weight is 416 g/mol. The van der Waals surface area contributed by atoms with Crippen molar-refractivity contribution >= 4 is 17.3 Å². The number of morpholine rings is 1. The molecule has 6 nitrogen and oxygen atoms in total. The number of aryl methyl sites for hydroxylation is 2. The van der Waals surface area contributed by atoms with Crippen LogP contribution in [0.3, 0.4) is 0 Å². The van der Waals surface area contributed by atoms with E-state index in [0.29, 0.717) is 6.04 Å². The number of nitrogens with zero attached hydrogens (tertiary/aromatic N) is 3. The second-order valence-electron chi connectivity index (χ2n) is 7.28. The largest absolute Gasteiger partial charge is 0.379 e. The van der Waals surface area contributed by atoms with Gasteiger partial charge in [0.2, 0.25) is 0 Å². The Balaban J connectivity index is 1.55. The molecule has 158 valence electrons. The van der Waals surface area contributed by atoms with Crippen molar-refractivity contribution < 1.29 is 4.74 Å². The van der Waals surface area contributed by atoms with Crippen LogP contribution in [-0.2, 0) is 17.6 Å². The van der Waals surface area contributed by atoms with E-state index in [0.717, 1.165) is 58.2 Å². The third kappa shape index (κ3) is 6.52. The molecule has 0 aliphatic carbocycles. The molecule has 1 aromatic carbocycles. The monoisotopic (exact) mass is 415 g/mol. The Labute approximate surface area is 178 Å². The summed E-state index contributed by atoms with van der Waals surface area (Å²) in [6.07, 6.45) is 3.95. The summed E-state index contributed by atoms with van der Waals surface area (Å²) in [5.41, 5.74) is 2.61. The molecule has 2 heterocycles. The number of ether oxygens (including phenoxy) is 1. The smallest absolute Gasteiger partial charge is 0.191 e. The molecule has 1 aliphatic heterocycles. The molecule has 2 aromatic rings. The van der Waals surface area contributed by atoms with Crippen LogP contribution in [0.25, 0.3) is 0 Å². The van der Waals surface area contributed by atoms with Crippen LogP contribution in [0.4, 0.5) is 0 Å². The molecule has 0 spiro atoms. The van der Waals surface area contributed by atoms with Crippen LogP contribution in [0.1, 0.15) is 34.0 Å². The van der Waals surface area contributed by atoms with Crippen LogP contribution >= 0.6 is 11.3 Å². The number of nitrogens with one attached hydrogen (secondary N) is 2. The van der Waals surface area contributed by atoms with Crippen LogP contribution in [0.5, 0.6) is 0 Å². The SMILES string of the molecule is CCc1cnc(CCNC(=NC)NCC(c2ccc(C)cc2)N2CCOCC2)s1. The third-order valence-corrected chi connectivity index (χ3v) is 6.42. The maximum absolute atomic E-state index is 5.55. The zero-order chi connectivity index (χ0) is 20.5. The minimum atomic E-state index is 0.295. The van der Waals surface area contributed by atoms with Crippen LogP contribution < -0.4 is 10.6 Å². The van der Waals surface area contributed by atoms with Gasteiger partial charge >= 0.3 is 0 Å². The second kappa shape index (κ2) is 11.3. The minimum Gasteiger partial charge on any atom is -0.379 e. The standard InChI is InChI=1S/C22H33N5OS/c1-4-19-15-25-21(29-19)9-10-24-22(23-3)26-16-20(27-11-13-28-14-12-27)18-7-5-17(2)6-8-18/h5-8,15,20H,4,9-14,16H2,1-3H3,(H2,23,24,26). The van der Waals surface area contributed by atoms with E-state index in [-0.39, 0.29) is 0 Å². The molecule has 0 bridgehead atoms. The number of hydrogen-bond donors (Lipinski definition) is 2. The first-order valence-electron chi connectivity index (χ1n) is 10.5. The highest BCUT2D eigenvalue weighted by molar-refractivity contribution is 7.11. The quantitative estimate of drug-likeness (QED) is 0.513. The summed E-state index contributed by atoms with van der Waals surface area (Å²) in [5, 5.41) is 8.12. The fourth-order valence-electron chi connectivity index (χ4n) is 3.46. The molecular formula is C22H33N5OS. The van der Waals surface area contributed by atoms with Crippen molar-refractivity contribution in [1.29, 1.82) is 0 Å². The molecule has 3 rings (SSSR count). The first-order chi connectivity index (χ1) is 14.2. The third-order valence-electron chi connectivity index (χ3n) is 5.22. The highest BCUT2D eigenvalue weighted by atomic mass is 32.1. The van der Waals surface area contributed by atoms with E-state index in [2.05, 4.69) is 63.6 Å². The van der Waals surface area contributed by atoms with E-state index in [1.165, 1.54) is 21.0 Å². The lowest BCUT2D eigenvalue weighted by molar-refractivity contribution is 0.0170. The van der Waals surface area contributed by atoms with Crippen molar-refractivity contribution in [1.82, 2.24) is 20.5 Å². The molecule has 1 aliphatic rings. The summed E-state index contributed by atoms with van der Waals surface area (Å²) in [5.74, 6) is 0.836. The van der Waals surface area contributed by atoms with Crippen molar-refractivity contribution in [2.75, 3.05) is 46.4 Å². The first kappa shape index (κ1) is 21.7. The molecule has 7 heteroatoms. The van der Waals surface area contributed by atoms with Crippen molar-refractivity contribution in [3.63, 3.8) is 0 Å². The van der Waals surface area contributed by atoms with Gasteiger partial charge in [0.25, 0.3) is 0 Å². The molecule has 0 saturated carbocycles. The summed E-state index contributed by atoms with van der Waals surface area (Å²) >= 11 is 1.80. The Morgan fingerprint density at radius 1 is 1.24 bits per heavy atom. The van der Waals surface area contributed by atoms with Crippen molar-refractivity contribution in [2.24, 2.45) is 4.99 Å². The van der Waals surface area contributed by atoms with E-state index < -0.39 is 0 Å². The van der Waals surface area contributed by atoms with Gasteiger partial charge in [-0.25, -0.2) is 4.98 Å². The Morgan fingerprint density at radius 3 is 2.66 bits per heavy atom. The summed E-state index contributed by atoms with van der Waals surface area (Å²) < 4.78 is 5.55. The van der Waals surface area contributed by atoms with Gasteiger partial charge in [-0.3, -0.25) is 9.89 Å². The van der Waals surface area contributed by atoms with Gasteiger partial charge in [-0.2, -0.15) is 0 Å².